The third-order valence-electron chi connectivity index (χ3n) is 4.18. The van der Waals surface area contributed by atoms with Crippen LogP contribution in [0.15, 0.2) is 45.8 Å². The van der Waals surface area contributed by atoms with E-state index in [4.69, 9.17) is 21.1 Å². The highest BCUT2D eigenvalue weighted by molar-refractivity contribution is 9.10. The molecule has 2 aromatic carbocycles. The van der Waals surface area contributed by atoms with Gasteiger partial charge in [0, 0.05) is 17.6 Å². The summed E-state index contributed by atoms with van der Waals surface area (Å²) >= 11 is 9.28. The van der Waals surface area contributed by atoms with E-state index in [9.17, 15) is 13.2 Å². The van der Waals surface area contributed by atoms with Crippen molar-refractivity contribution in [1.82, 2.24) is 4.90 Å². The average Bonchev–Trinajstić information content (AvgIpc) is 2.70. The second kappa shape index (κ2) is 8.69. The van der Waals surface area contributed by atoms with Crippen molar-refractivity contribution in [2.24, 2.45) is 0 Å². The summed E-state index contributed by atoms with van der Waals surface area (Å²) < 4.78 is 39.2. The number of nitrogens with zero attached hydrogens (tertiary/aromatic N) is 1. The number of nitrogens with one attached hydrogen (secondary N) is 1. The summed E-state index contributed by atoms with van der Waals surface area (Å²) in [4.78, 5) is 14.4. The highest BCUT2D eigenvalue weighted by atomic mass is 79.9. The summed E-state index contributed by atoms with van der Waals surface area (Å²) in [5, 5.41) is 0.373. The molecule has 150 valence electrons. The maximum Gasteiger partial charge on any atom is 0.261 e. The lowest BCUT2D eigenvalue weighted by Gasteiger charge is -2.27. The summed E-state index contributed by atoms with van der Waals surface area (Å²) in [6.07, 6.45) is 0. The van der Waals surface area contributed by atoms with Crippen molar-refractivity contribution in [2.75, 3.05) is 38.1 Å². The van der Waals surface area contributed by atoms with Crippen LogP contribution in [-0.4, -0.2) is 52.6 Å². The number of carbonyl (C=O) groups excluding carboxylic acids is 1. The molecule has 1 aliphatic rings. The molecule has 0 radical (unpaired) electrons. The van der Waals surface area contributed by atoms with Crippen molar-refractivity contribution in [1.29, 1.82) is 0 Å². The molecule has 10 heteroatoms. The molecular weight excluding hydrogens is 472 g/mol. The molecule has 1 N–H and O–H groups in total. The monoisotopic (exact) mass is 488 g/mol. The Morgan fingerprint density at radius 2 is 1.93 bits per heavy atom. The van der Waals surface area contributed by atoms with Gasteiger partial charge in [-0.05, 0) is 52.3 Å². The Bertz CT molecular complexity index is 993. The number of carbonyl (C=O) groups is 1. The first kappa shape index (κ1) is 20.9. The number of sulfonamides is 1. The van der Waals surface area contributed by atoms with E-state index in [0.717, 1.165) is 0 Å². The average molecular weight is 490 g/mol. The Hall–Kier alpha value is -1.81. The van der Waals surface area contributed by atoms with Gasteiger partial charge < -0.3 is 14.4 Å². The molecule has 1 fully saturated rings. The van der Waals surface area contributed by atoms with E-state index in [2.05, 4.69) is 20.7 Å². The molecule has 0 unspecified atom stereocenters. The second-order valence-electron chi connectivity index (χ2n) is 6.00. The minimum atomic E-state index is -3.93. The number of amides is 1. The van der Waals surface area contributed by atoms with Gasteiger partial charge >= 0.3 is 0 Å². The van der Waals surface area contributed by atoms with Crippen LogP contribution in [0.3, 0.4) is 0 Å². The summed E-state index contributed by atoms with van der Waals surface area (Å²) in [6, 6.07) is 8.89. The lowest BCUT2D eigenvalue weighted by molar-refractivity contribution is 0.0300. The van der Waals surface area contributed by atoms with Gasteiger partial charge in [-0.25, -0.2) is 8.42 Å². The van der Waals surface area contributed by atoms with E-state index in [1.165, 1.54) is 31.4 Å². The Morgan fingerprint density at radius 1 is 1.21 bits per heavy atom. The van der Waals surface area contributed by atoms with Crippen LogP contribution in [0, 0.1) is 0 Å². The molecule has 0 atom stereocenters. The summed E-state index contributed by atoms with van der Waals surface area (Å²) in [5.74, 6) is 0.00557. The van der Waals surface area contributed by atoms with Gasteiger partial charge in [0.25, 0.3) is 15.9 Å². The van der Waals surface area contributed by atoms with Crippen LogP contribution in [-0.2, 0) is 14.8 Å². The topological polar surface area (TPSA) is 84.9 Å². The zero-order valence-electron chi connectivity index (χ0n) is 14.9. The van der Waals surface area contributed by atoms with Crippen molar-refractivity contribution in [3.8, 4) is 5.75 Å². The highest BCUT2D eigenvalue weighted by Gasteiger charge is 2.25. The third-order valence-corrected chi connectivity index (χ3v) is 6.79. The lowest BCUT2D eigenvalue weighted by Crippen LogP contribution is -2.40. The zero-order valence-corrected chi connectivity index (χ0v) is 18.1. The number of hydrogen-bond acceptors (Lipinski definition) is 5. The number of hydrogen-bond donors (Lipinski definition) is 1. The third kappa shape index (κ3) is 4.60. The van der Waals surface area contributed by atoms with Crippen LogP contribution in [0.2, 0.25) is 5.02 Å². The standard InChI is InChI=1S/C18H18BrClN2O5S/c1-26-17-5-3-13(11-14(17)18(23)22-6-8-27-9-7-22)28(24,25)21-12-2-4-15(19)16(20)10-12/h2-5,10-11,21H,6-9H2,1H3. The molecule has 1 amide bonds. The van der Waals surface area contributed by atoms with Crippen LogP contribution >= 0.6 is 27.5 Å². The Balaban J connectivity index is 1.92. The lowest BCUT2D eigenvalue weighted by atomic mass is 10.1. The molecule has 0 saturated carbocycles. The van der Waals surface area contributed by atoms with Crippen LogP contribution in [0.1, 0.15) is 10.4 Å². The number of morpholine rings is 1. The van der Waals surface area contributed by atoms with Gasteiger partial charge in [-0.2, -0.15) is 0 Å². The molecular formula is C18H18BrClN2O5S. The Labute approximate surface area is 176 Å². The molecule has 1 aliphatic heterocycles. The molecule has 0 aromatic heterocycles. The smallest absolute Gasteiger partial charge is 0.261 e. The van der Waals surface area contributed by atoms with Crippen LogP contribution in [0.5, 0.6) is 5.75 Å². The number of anilines is 1. The second-order valence-corrected chi connectivity index (χ2v) is 8.94. The molecule has 0 bridgehead atoms. The minimum absolute atomic E-state index is 0.0519. The molecule has 2 aromatic rings. The number of methoxy groups -OCH3 is 1. The van der Waals surface area contributed by atoms with E-state index < -0.39 is 10.0 Å². The fourth-order valence-corrected chi connectivity index (χ4v) is 4.23. The quantitative estimate of drug-likeness (QED) is 0.696. The fourth-order valence-electron chi connectivity index (χ4n) is 2.73. The van der Waals surface area contributed by atoms with Gasteiger partial charge in [0.15, 0.2) is 0 Å². The van der Waals surface area contributed by atoms with E-state index in [0.29, 0.717) is 47.2 Å². The molecule has 7 nitrogen and oxygen atoms in total. The first-order valence-corrected chi connectivity index (χ1v) is 11.0. The van der Waals surface area contributed by atoms with Crippen molar-refractivity contribution >= 4 is 49.1 Å². The predicted molar refractivity (Wildman–Crippen MR) is 110 cm³/mol. The van der Waals surface area contributed by atoms with Crippen LogP contribution in [0.4, 0.5) is 5.69 Å². The number of benzene rings is 2. The normalized spacial score (nSPS) is 14.6. The van der Waals surface area contributed by atoms with Gasteiger partial charge in [0.05, 0.1) is 41.5 Å². The molecule has 0 spiro atoms. The number of halogens is 2. The molecule has 1 saturated heterocycles. The fraction of sp³-hybridized carbons (Fsp3) is 0.278. The van der Waals surface area contributed by atoms with E-state index >= 15 is 0 Å². The van der Waals surface area contributed by atoms with Crippen LogP contribution < -0.4 is 9.46 Å². The summed E-state index contributed by atoms with van der Waals surface area (Å²) in [7, 11) is -2.50. The maximum atomic E-state index is 12.9. The largest absolute Gasteiger partial charge is 0.496 e. The number of ether oxygens (including phenoxy) is 2. The minimum Gasteiger partial charge on any atom is -0.496 e. The first-order valence-electron chi connectivity index (χ1n) is 8.35. The van der Waals surface area contributed by atoms with E-state index in [-0.39, 0.29) is 16.4 Å². The van der Waals surface area contributed by atoms with E-state index in [1.807, 2.05) is 0 Å². The predicted octanol–water partition coefficient (Wildman–Crippen LogP) is 3.38. The van der Waals surface area contributed by atoms with Crippen molar-refractivity contribution in [3.63, 3.8) is 0 Å². The number of rotatable bonds is 5. The maximum absolute atomic E-state index is 12.9. The van der Waals surface area contributed by atoms with Crippen molar-refractivity contribution in [3.05, 3.63) is 51.5 Å². The Morgan fingerprint density at radius 3 is 2.57 bits per heavy atom. The zero-order chi connectivity index (χ0) is 20.3. The van der Waals surface area contributed by atoms with Crippen molar-refractivity contribution < 1.29 is 22.7 Å². The molecule has 3 rings (SSSR count). The highest BCUT2D eigenvalue weighted by Crippen LogP contribution is 2.29. The van der Waals surface area contributed by atoms with Gasteiger partial charge in [0.1, 0.15) is 5.75 Å². The Kier molecular flexibility index (Phi) is 6.49. The SMILES string of the molecule is COc1ccc(S(=O)(=O)Nc2ccc(Br)c(Cl)c2)cc1C(=O)N1CCOCC1. The van der Waals surface area contributed by atoms with Gasteiger partial charge in [-0.1, -0.05) is 11.6 Å². The first-order chi connectivity index (χ1) is 13.3. The van der Waals surface area contributed by atoms with Crippen molar-refractivity contribution in [2.45, 2.75) is 4.90 Å². The van der Waals surface area contributed by atoms with Gasteiger partial charge in [-0.3, -0.25) is 9.52 Å². The molecule has 1 heterocycles. The van der Waals surface area contributed by atoms with Crippen LogP contribution in [0.25, 0.3) is 0 Å². The van der Waals surface area contributed by atoms with Gasteiger partial charge in [0.2, 0.25) is 0 Å². The molecule has 0 aliphatic carbocycles. The summed E-state index contributed by atoms with van der Waals surface area (Å²) in [5.41, 5.74) is 0.492. The van der Waals surface area contributed by atoms with Gasteiger partial charge in [-0.15, -0.1) is 0 Å². The van der Waals surface area contributed by atoms with E-state index in [1.54, 1.807) is 17.0 Å². The summed E-state index contributed by atoms with van der Waals surface area (Å²) in [6.45, 7) is 1.76. The molecule has 28 heavy (non-hydrogen) atoms.